The summed E-state index contributed by atoms with van der Waals surface area (Å²) in [6.07, 6.45) is 2.47. The van der Waals surface area contributed by atoms with Crippen molar-refractivity contribution in [3.63, 3.8) is 0 Å². The molecule has 2 aromatic rings. The van der Waals surface area contributed by atoms with E-state index in [1.54, 1.807) is 12.1 Å². The molecule has 6 heteroatoms. The topological polar surface area (TPSA) is 54.2 Å². The van der Waals surface area contributed by atoms with Crippen molar-refractivity contribution in [3.05, 3.63) is 35.9 Å². The summed E-state index contributed by atoms with van der Waals surface area (Å²) in [6, 6.07) is 6.60. The van der Waals surface area contributed by atoms with Crippen LogP contribution in [0.3, 0.4) is 0 Å². The highest BCUT2D eigenvalue weighted by molar-refractivity contribution is 5.52. The van der Waals surface area contributed by atoms with Gasteiger partial charge in [0.2, 0.25) is 0 Å². The Labute approximate surface area is 123 Å². The summed E-state index contributed by atoms with van der Waals surface area (Å²) in [4.78, 5) is 6.55. The SMILES string of the molecule is CN(Cc1noc(-c2ccc(F)cc2)n1)CC1CCCN1. The second-order valence-electron chi connectivity index (χ2n) is 5.51. The van der Waals surface area contributed by atoms with Crippen LogP contribution in [0.1, 0.15) is 18.7 Å². The van der Waals surface area contributed by atoms with Crippen molar-refractivity contribution >= 4 is 0 Å². The molecule has 1 N–H and O–H groups in total. The summed E-state index contributed by atoms with van der Waals surface area (Å²) >= 11 is 0. The van der Waals surface area contributed by atoms with Crippen molar-refractivity contribution in [1.82, 2.24) is 20.4 Å². The van der Waals surface area contributed by atoms with E-state index in [1.165, 1.54) is 25.0 Å². The summed E-state index contributed by atoms with van der Waals surface area (Å²) in [6.45, 7) is 2.72. The van der Waals surface area contributed by atoms with Gasteiger partial charge in [0.25, 0.3) is 5.89 Å². The molecule has 1 aromatic heterocycles. The Morgan fingerprint density at radius 2 is 2.19 bits per heavy atom. The average molecular weight is 290 g/mol. The normalized spacial score (nSPS) is 18.5. The van der Waals surface area contributed by atoms with Crippen molar-refractivity contribution in [2.24, 2.45) is 0 Å². The number of halogens is 1. The molecular weight excluding hydrogens is 271 g/mol. The predicted molar refractivity (Wildman–Crippen MR) is 77.1 cm³/mol. The summed E-state index contributed by atoms with van der Waals surface area (Å²) in [5, 5.41) is 7.46. The lowest BCUT2D eigenvalue weighted by Gasteiger charge is -2.19. The van der Waals surface area contributed by atoms with Crippen molar-refractivity contribution in [2.45, 2.75) is 25.4 Å². The second kappa shape index (κ2) is 6.32. The lowest BCUT2D eigenvalue weighted by atomic mass is 10.2. The number of hydrogen-bond acceptors (Lipinski definition) is 5. The first-order valence-electron chi connectivity index (χ1n) is 7.21. The van der Waals surface area contributed by atoms with Crippen LogP contribution in [0.25, 0.3) is 11.5 Å². The van der Waals surface area contributed by atoms with Crippen molar-refractivity contribution < 1.29 is 8.91 Å². The van der Waals surface area contributed by atoms with E-state index in [0.717, 1.165) is 18.7 Å². The highest BCUT2D eigenvalue weighted by atomic mass is 19.1. The number of benzene rings is 1. The smallest absolute Gasteiger partial charge is 0.257 e. The van der Waals surface area contributed by atoms with Gasteiger partial charge in [0, 0.05) is 18.2 Å². The molecule has 1 unspecified atom stereocenters. The number of nitrogens with one attached hydrogen (secondary N) is 1. The van der Waals surface area contributed by atoms with Gasteiger partial charge in [-0.3, -0.25) is 4.90 Å². The Morgan fingerprint density at radius 1 is 1.38 bits per heavy atom. The molecular formula is C15H19FN4O. The van der Waals surface area contributed by atoms with Gasteiger partial charge in [0.05, 0.1) is 6.54 Å². The third-order valence-corrected chi connectivity index (χ3v) is 3.67. The van der Waals surface area contributed by atoms with E-state index < -0.39 is 0 Å². The van der Waals surface area contributed by atoms with Crippen molar-refractivity contribution in [2.75, 3.05) is 20.1 Å². The number of nitrogens with zero attached hydrogens (tertiary/aromatic N) is 3. The van der Waals surface area contributed by atoms with Gasteiger partial charge in [-0.25, -0.2) is 4.39 Å². The number of likely N-dealkylation sites (N-methyl/N-ethyl adjacent to an activating group) is 1. The standard InChI is InChI=1S/C15H19FN4O/c1-20(9-13-3-2-8-17-13)10-14-18-15(21-19-14)11-4-6-12(16)7-5-11/h4-7,13,17H,2-3,8-10H2,1H3. The highest BCUT2D eigenvalue weighted by Crippen LogP contribution is 2.17. The lowest BCUT2D eigenvalue weighted by Crippen LogP contribution is -2.35. The molecule has 1 aliphatic rings. The van der Waals surface area contributed by atoms with E-state index in [9.17, 15) is 4.39 Å². The molecule has 1 atom stereocenters. The Hall–Kier alpha value is -1.79. The molecule has 1 fully saturated rings. The third-order valence-electron chi connectivity index (χ3n) is 3.67. The molecule has 0 amide bonds. The molecule has 0 bridgehead atoms. The maximum absolute atomic E-state index is 12.9. The molecule has 3 rings (SSSR count). The van der Waals surface area contributed by atoms with E-state index in [-0.39, 0.29) is 5.82 Å². The third kappa shape index (κ3) is 3.65. The molecule has 0 aliphatic carbocycles. The van der Waals surface area contributed by atoms with E-state index >= 15 is 0 Å². The Bertz CT molecular complexity index is 578. The quantitative estimate of drug-likeness (QED) is 0.913. The molecule has 0 spiro atoms. The lowest BCUT2D eigenvalue weighted by molar-refractivity contribution is 0.281. The summed E-state index contributed by atoms with van der Waals surface area (Å²) in [5.41, 5.74) is 0.732. The summed E-state index contributed by atoms with van der Waals surface area (Å²) < 4.78 is 18.1. The summed E-state index contributed by atoms with van der Waals surface area (Å²) in [7, 11) is 2.05. The van der Waals surface area contributed by atoms with Gasteiger partial charge in [0.15, 0.2) is 5.82 Å². The van der Waals surface area contributed by atoms with E-state index in [2.05, 4.69) is 20.4 Å². The number of rotatable bonds is 5. The van der Waals surface area contributed by atoms with Gasteiger partial charge in [0.1, 0.15) is 5.82 Å². The monoisotopic (exact) mass is 290 g/mol. The first-order chi connectivity index (χ1) is 10.2. The van der Waals surface area contributed by atoms with Crippen molar-refractivity contribution in [1.29, 1.82) is 0 Å². The van der Waals surface area contributed by atoms with E-state index in [4.69, 9.17) is 4.52 Å². The van der Waals surface area contributed by atoms with Crippen LogP contribution < -0.4 is 5.32 Å². The first kappa shape index (κ1) is 14.2. The van der Waals surface area contributed by atoms with Gasteiger partial charge < -0.3 is 9.84 Å². The molecule has 0 saturated carbocycles. The fourth-order valence-electron chi connectivity index (χ4n) is 2.62. The molecule has 2 heterocycles. The second-order valence-corrected chi connectivity index (χ2v) is 5.51. The minimum Gasteiger partial charge on any atom is -0.334 e. The zero-order valence-corrected chi connectivity index (χ0v) is 12.1. The van der Waals surface area contributed by atoms with E-state index in [0.29, 0.717) is 24.3 Å². The fraction of sp³-hybridized carbons (Fsp3) is 0.467. The average Bonchev–Trinajstić information content (AvgIpc) is 3.11. The molecule has 5 nitrogen and oxygen atoms in total. The zero-order chi connectivity index (χ0) is 14.7. The molecule has 1 saturated heterocycles. The highest BCUT2D eigenvalue weighted by Gasteiger charge is 2.17. The predicted octanol–water partition coefficient (Wildman–Crippen LogP) is 2.06. The zero-order valence-electron chi connectivity index (χ0n) is 12.1. The van der Waals surface area contributed by atoms with Crippen molar-refractivity contribution in [3.8, 4) is 11.5 Å². The molecule has 21 heavy (non-hydrogen) atoms. The van der Waals surface area contributed by atoms with Crippen LogP contribution in [-0.4, -0.2) is 41.2 Å². The summed E-state index contributed by atoms with van der Waals surface area (Å²) in [5.74, 6) is 0.800. The largest absolute Gasteiger partial charge is 0.334 e. The van der Waals surface area contributed by atoms with Gasteiger partial charge in [-0.1, -0.05) is 5.16 Å². The molecule has 112 valence electrons. The van der Waals surface area contributed by atoms with Crippen LogP contribution in [0.5, 0.6) is 0 Å². The van der Waals surface area contributed by atoms with Crippen LogP contribution in [0, 0.1) is 5.82 Å². The van der Waals surface area contributed by atoms with Gasteiger partial charge in [-0.05, 0) is 50.7 Å². The van der Waals surface area contributed by atoms with Crippen LogP contribution in [0.2, 0.25) is 0 Å². The maximum atomic E-state index is 12.9. The first-order valence-corrected chi connectivity index (χ1v) is 7.21. The number of aromatic nitrogens is 2. The van der Waals surface area contributed by atoms with Crippen LogP contribution in [0.4, 0.5) is 4.39 Å². The van der Waals surface area contributed by atoms with Crippen LogP contribution in [0.15, 0.2) is 28.8 Å². The van der Waals surface area contributed by atoms with E-state index in [1.807, 2.05) is 7.05 Å². The molecule has 0 radical (unpaired) electrons. The Balaban J connectivity index is 1.60. The minimum atomic E-state index is -0.276. The van der Waals surface area contributed by atoms with Gasteiger partial charge in [-0.2, -0.15) is 4.98 Å². The minimum absolute atomic E-state index is 0.276. The Morgan fingerprint density at radius 3 is 2.90 bits per heavy atom. The fourth-order valence-corrected chi connectivity index (χ4v) is 2.62. The van der Waals surface area contributed by atoms with Gasteiger partial charge in [-0.15, -0.1) is 0 Å². The van der Waals surface area contributed by atoms with Crippen LogP contribution in [-0.2, 0) is 6.54 Å². The van der Waals surface area contributed by atoms with Gasteiger partial charge >= 0.3 is 0 Å². The maximum Gasteiger partial charge on any atom is 0.257 e. The Kier molecular flexibility index (Phi) is 4.26. The molecule has 1 aromatic carbocycles. The number of hydrogen-bond donors (Lipinski definition) is 1. The molecule has 1 aliphatic heterocycles. The van der Waals surface area contributed by atoms with Crippen LogP contribution >= 0.6 is 0 Å².